The van der Waals surface area contributed by atoms with Crippen molar-refractivity contribution in [2.24, 2.45) is 0 Å². The SMILES string of the molecule is O=C(C1CC(c2ccccc2)NN1)N1CCSC(c2ccccc2)CC1. The zero-order valence-corrected chi connectivity index (χ0v) is 15.6. The van der Waals surface area contributed by atoms with Crippen LogP contribution in [0, 0.1) is 0 Å². The van der Waals surface area contributed by atoms with E-state index in [1.54, 1.807) is 0 Å². The average Bonchev–Trinajstić information content (AvgIpc) is 3.07. The Bertz CT molecular complexity index is 725. The Hall–Kier alpha value is -1.82. The third-order valence-corrected chi connectivity index (χ3v) is 6.56. The Morgan fingerprint density at radius 2 is 1.62 bits per heavy atom. The monoisotopic (exact) mass is 367 g/mol. The molecule has 26 heavy (non-hydrogen) atoms. The molecule has 0 aliphatic carbocycles. The fourth-order valence-electron chi connectivity index (χ4n) is 3.77. The van der Waals surface area contributed by atoms with Crippen molar-refractivity contribution in [1.29, 1.82) is 0 Å². The van der Waals surface area contributed by atoms with E-state index in [1.165, 1.54) is 11.1 Å². The number of hydrazine groups is 1. The van der Waals surface area contributed by atoms with Crippen molar-refractivity contribution in [1.82, 2.24) is 15.8 Å². The molecule has 2 saturated heterocycles. The molecule has 2 aromatic rings. The van der Waals surface area contributed by atoms with Crippen LogP contribution in [0.1, 0.15) is 35.3 Å². The highest BCUT2D eigenvalue weighted by molar-refractivity contribution is 7.99. The third-order valence-electron chi connectivity index (χ3n) is 5.23. The zero-order valence-electron chi connectivity index (χ0n) is 14.8. The molecule has 2 aromatic carbocycles. The predicted octanol–water partition coefficient (Wildman–Crippen LogP) is 3.30. The van der Waals surface area contributed by atoms with Gasteiger partial charge >= 0.3 is 0 Å². The lowest BCUT2D eigenvalue weighted by Crippen LogP contribution is -2.46. The molecule has 2 N–H and O–H groups in total. The molecule has 4 nitrogen and oxygen atoms in total. The second kappa shape index (κ2) is 8.25. The van der Waals surface area contributed by atoms with Crippen LogP contribution < -0.4 is 10.9 Å². The van der Waals surface area contributed by atoms with E-state index < -0.39 is 0 Å². The van der Waals surface area contributed by atoms with Gasteiger partial charge in [0.25, 0.3) is 0 Å². The van der Waals surface area contributed by atoms with Crippen molar-refractivity contribution in [2.75, 3.05) is 18.8 Å². The number of hydrogen-bond donors (Lipinski definition) is 2. The molecule has 3 unspecified atom stereocenters. The van der Waals surface area contributed by atoms with Gasteiger partial charge in [0.15, 0.2) is 0 Å². The number of carbonyl (C=O) groups excluding carboxylic acids is 1. The van der Waals surface area contributed by atoms with E-state index in [9.17, 15) is 4.79 Å². The first-order valence-electron chi connectivity index (χ1n) is 9.32. The Morgan fingerprint density at radius 3 is 2.35 bits per heavy atom. The number of nitrogens with zero attached hydrogens (tertiary/aromatic N) is 1. The summed E-state index contributed by atoms with van der Waals surface area (Å²) >= 11 is 1.97. The van der Waals surface area contributed by atoms with Crippen LogP contribution in [0.25, 0.3) is 0 Å². The molecule has 2 aliphatic heterocycles. The Labute approximate surface area is 159 Å². The molecule has 0 spiro atoms. The highest BCUT2D eigenvalue weighted by atomic mass is 32.2. The van der Waals surface area contributed by atoms with Crippen LogP contribution in [0.4, 0.5) is 0 Å². The van der Waals surface area contributed by atoms with Crippen LogP contribution in [-0.2, 0) is 4.79 Å². The summed E-state index contributed by atoms with van der Waals surface area (Å²) in [7, 11) is 0. The van der Waals surface area contributed by atoms with E-state index >= 15 is 0 Å². The van der Waals surface area contributed by atoms with Crippen LogP contribution in [0.5, 0.6) is 0 Å². The van der Waals surface area contributed by atoms with Gasteiger partial charge in [-0.25, -0.2) is 10.9 Å². The molecular formula is C21H25N3OS. The van der Waals surface area contributed by atoms with Gasteiger partial charge in [0.05, 0.1) is 0 Å². The molecule has 1 amide bonds. The Balaban J connectivity index is 1.35. The van der Waals surface area contributed by atoms with Crippen LogP contribution in [0.15, 0.2) is 60.7 Å². The summed E-state index contributed by atoms with van der Waals surface area (Å²) in [5.41, 5.74) is 9.11. The number of carbonyl (C=O) groups is 1. The minimum Gasteiger partial charge on any atom is -0.340 e. The number of hydrogen-bond acceptors (Lipinski definition) is 4. The number of amides is 1. The predicted molar refractivity (Wildman–Crippen MR) is 107 cm³/mol. The van der Waals surface area contributed by atoms with Crippen molar-refractivity contribution in [3.8, 4) is 0 Å². The van der Waals surface area contributed by atoms with Crippen molar-refractivity contribution in [3.05, 3.63) is 71.8 Å². The standard InChI is InChI=1S/C21H25N3OS/c25-21(19-15-18(22-23-19)16-7-3-1-4-8-16)24-12-11-20(26-14-13-24)17-9-5-2-6-10-17/h1-10,18-20,22-23H,11-15H2. The van der Waals surface area contributed by atoms with E-state index in [4.69, 9.17) is 0 Å². The summed E-state index contributed by atoms with van der Waals surface area (Å²) < 4.78 is 0. The summed E-state index contributed by atoms with van der Waals surface area (Å²) in [6, 6.07) is 21.0. The largest absolute Gasteiger partial charge is 0.340 e. The molecular weight excluding hydrogens is 342 g/mol. The normalized spacial score (nSPS) is 26.5. The first kappa shape index (κ1) is 17.6. The number of rotatable bonds is 3. The Morgan fingerprint density at radius 1 is 0.923 bits per heavy atom. The molecule has 0 saturated carbocycles. The summed E-state index contributed by atoms with van der Waals surface area (Å²) in [6.45, 7) is 1.67. The number of nitrogens with one attached hydrogen (secondary N) is 2. The molecule has 5 heteroatoms. The molecule has 136 valence electrons. The van der Waals surface area contributed by atoms with Gasteiger partial charge in [-0.15, -0.1) is 0 Å². The van der Waals surface area contributed by atoms with E-state index in [0.29, 0.717) is 5.25 Å². The van der Waals surface area contributed by atoms with E-state index in [0.717, 1.165) is 31.7 Å². The maximum Gasteiger partial charge on any atom is 0.241 e. The topological polar surface area (TPSA) is 44.4 Å². The second-order valence-corrected chi connectivity index (χ2v) is 8.23. The third kappa shape index (κ3) is 3.95. The summed E-state index contributed by atoms with van der Waals surface area (Å²) in [5.74, 6) is 1.22. The maximum absolute atomic E-state index is 13.0. The molecule has 2 aliphatic rings. The van der Waals surface area contributed by atoms with Crippen LogP contribution in [-0.4, -0.2) is 35.7 Å². The van der Waals surface area contributed by atoms with Gasteiger partial charge in [-0.05, 0) is 24.0 Å². The molecule has 2 heterocycles. The minimum absolute atomic E-state index is 0.140. The van der Waals surface area contributed by atoms with Crippen LogP contribution >= 0.6 is 11.8 Å². The molecule has 0 aromatic heterocycles. The van der Waals surface area contributed by atoms with Crippen molar-refractivity contribution >= 4 is 17.7 Å². The maximum atomic E-state index is 13.0. The van der Waals surface area contributed by atoms with Gasteiger partial charge in [-0.1, -0.05) is 60.7 Å². The van der Waals surface area contributed by atoms with Gasteiger partial charge in [-0.3, -0.25) is 4.79 Å². The lowest BCUT2D eigenvalue weighted by molar-refractivity contribution is -0.132. The van der Waals surface area contributed by atoms with Crippen LogP contribution in [0.3, 0.4) is 0 Å². The smallest absolute Gasteiger partial charge is 0.241 e. The average molecular weight is 368 g/mol. The van der Waals surface area contributed by atoms with Gasteiger partial charge < -0.3 is 4.90 Å². The van der Waals surface area contributed by atoms with Crippen LogP contribution in [0.2, 0.25) is 0 Å². The van der Waals surface area contributed by atoms with Gasteiger partial charge in [0.1, 0.15) is 6.04 Å². The molecule has 0 radical (unpaired) electrons. The zero-order chi connectivity index (χ0) is 17.8. The molecule has 2 fully saturated rings. The summed E-state index contributed by atoms with van der Waals surface area (Å²) in [6.07, 6.45) is 1.82. The fraction of sp³-hybridized carbons (Fsp3) is 0.381. The lowest BCUT2D eigenvalue weighted by Gasteiger charge is -2.23. The molecule has 0 bridgehead atoms. The van der Waals surface area contributed by atoms with E-state index in [-0.39, 0.29) is 18.0 Å². The van der Waals surface area contributed by atoms with Gasteiger partial charge in [0, 0.05) is 30.1 Å². The Kier molecular flexibility index (Phi) is 5.58. The van der Waals surface area contributed by atoms with Gasteiger partial charge in [0.2, 0.25) is 5.91 Å². The highest BCUT2D eigenvalue weighted by Gasteiger charge is 2.33. The number of benzene rings is 2. The summed E-state index contributed by atoms with van der Waals surface area (Å²) in [5, 5.41) is 0.487. The molecule has 3 atom stereocenters. The summed E-state index contributed by atoms with van der Waals surface area (Å²) in [4.78, 5) is 15.0. The first-order valence-corrected chi connectivity index (χ1v) is 10.4. The lowest BCUT2D eigenvalue weighted by atomic mass is 10.0. The van der Waals surface area contributed by atoms with Gasteiger partial charge in [-0.2, -0.15) is 11.8 Å². The van der Waals surface area contributed by atoms with E-state index in [2.05, 4.69) is 53.3 Å². The van der Waals surface area contributed by atoms with Crippen molar-refractivity contribution in [3.63, 3.8) is 0 Å². The van der Waals surface area contributed by atoms with E-state index in [1.807, 2.05) is 34.9 Å². The second-order valence-electron chi connectivity index (χ2n) is 6.92. The fourth-order valence-corrected chi connectivity index (χ4v) is 5.00. The van der Waals surface area contributed by atoms with Crippen molar-refractivity contribution in [2.45, 2.75) is 30.2 Å². The quantitative estimate of drug-likeness (QED) is 0.874. The minimum atomic E-state index is -0.140. The first-order chi connectivity index (χ1) is 12.8. The highest BCUT2D eigenvalue weighted by Crippen LogP contribution is 2.34. The number of thioether (sulfide) groups is 1. The molecule has 4 rings (SSSR count). The van der Waals surface area contributed by atoms with Crippen molar-refractivity contribution < 1.29 is 4.79 Å².